The Bertz CT molecular complexity index is 1260. The molecule has 0 aliphatic heterocycles. The van der Waals surface area contributed by atoms with E-state index in [2.05, 4.69) is 15.5 Å². The molecule has 4 aromatic rings. The molecule has 0 unspecified atom stereocenters. The van der Waals surface area contributed by atoms with Crippen molar-refractivity contribution >= 4 is 80.7 Å². The van der Waals surface area contributed by atoms with Gasteiger partial charge in [-0.05, 0) is 43.3 Å². The van der Waals surface area contributed by atoms with Crippen LogP contribution in [0.4, 0.5) is 5.69 Å². The van der Waals surface area contributed by atoms with Crippen LogP contribution in [-0.4, -0.2) is 26.4 Å². The number of halogens is 4. The van der Waals surface area contributed by atoms with Crippen molar-refractivity contribution in [2.75, 3.05) is 11.1 Å². The summed E-state index contributed by atoms with van der Waals surface area (Å²) in [5, 5.41) is 14.2. The number of amides is 1. The van der Waals surface area contributed by atoms with Crippen molar-refractivity contribution in [3.05, 3.63) is 56.5 Å². The summed E-state index contributed by atoms with van der Waals surface area (Å²) in [5.41, 5.74) is 1.02. The number of carbonyl (C=O) groups is 1. The maximum atomic E-state index is 12.4. The molecule has 0 aliphatic rings. The fourth-order valence-electron chi connectivity index (χ4n) is 2.95. The molecular formula is C20H14Cl4N4O2S. The van der Waals surface area contributed by atoms with Crippen molar-refractivity contribution in [2.45, 2.75) is 18.6 Å². The Morgan fingerprint density at radius 2 is 1.81 bits per heavy atom. The van der Waals surface area contributed by atoms with E-state index in [9.17, 15) is 4.79 Å². The molecule has 0 radical (unpaired) electrons. The Morgan fingerprint density at radius 1 is 1.06 bits per heavy atom. The van der Waals surface area contributed by atoms with Crippen LogP contribution in [0.1, 0.15) is 6.92 Å². The molecule has 2 aromatic carbocycles. The van der Waals surface area contributed by atoms with Crippen LogP contribution in [-0.2, 0) is 11.3 Å². The van der Waals surface area contributed by atoms with Gasteiger partial charge in [0.25, 0.3) is 0 Å². The number of aromatic nitrogens is 3. The molecule has 2 heterocycles. The number of anilines is 1. The topological polar surface area (TPSA) is 73.0 Å². The highest BCUT2D eigenvalue weighted by molar-refractivity contribution is 7.99. The van der Waals surface area contributed by atoms with Crippen LogP contribution in [0.3, 0.4) is 0 Å². The number of thioether (sulfide) groups is 1. The van der Waals surface area contributed by atoms with E-state index in [0.29, 0.717) is 44.6 Å². The maximum absolute atomic E-state index is 12.4. The highest BCUT2D eigenvalue weighted by Gasteiger charge is 2.19. The summed E-state index contributed by atoms with van der Waals surface area (Å²) in [7, 11) is 0. The quantitative estimate of drug-likeness (QED) is 0.278. The van der Waals surface area contributed by atoms with Crippen LogP contribution in [0.15, 0.2) is 46.0 Å². The Balaban J connectivity index is 1.51. The third-order valence-corrected chi connectivity index (χ3v) is 6.35. The second-order valence-electron chi connectivity index (χ2n) is 6.42. The largest absolute Gasteiger partial charge is 0.453 e. The van der Waals surface area contributed by atoms with Gasteiger partial charge in [0.1, 0.15) is 5.58 Å². The van der Waals surface area contributed by atoms with E-state index >= 15 is 0 Å². The van der Waals surface area contributed by atoms with Crippen LogP contribution in [0.5, 0.6) is 0 Å². The number of hydrogen-bond acceptors (Lipinski definition) is 5. The summed E-state index contributed by atoms with van der Waals surface area (Å²) in [5.74, 6) is 0.939. The van der Waals surface area contributed by atoms with Gasteiger partial charge in [-0.1, -0.05) is 58.2 Å². The molecule has 0 spiro atoms. The lowest BCUT2D eigenvalue weighted by molar-refractivity contribution is -0.113. The van der Waals surface area contributed by atoms with Gasteiger partial charge in [0.2, 0.25) is 11.7 Å². The number of fused-ring (bicyclic) bond motifs is 1. The minimum atomic E-state index is -0.290. The number of carbonyl (C=O) groups excluding carboxylic acids is 1. The van der Waals surface area contributed by atoms with Crippen LogP contribution >= 0.6 is 58.2 Å². The molecular weight excluding hydrogens is 502 g/mol. The summed E-state index contributed by atoms with van der Waals surface area (Å²) >= 11 is 25.4. The highest BCUT2D eigenvalue weighted by atomic mass is 35.5. The minimum Gasteiger partial charge on any atom is -0.453 e. The lowest BCUT2D eigenvalue weighted by Crippen LogP contribution is -2.15. The molecule has 0 saturated carbocycles. The molecule has 31 heavy (non-hydrogen) atoms. The first-order chi connectivity index (χ1) is 14.9. The zero-order valence-corrected chi connectivity index (χ0v) is 19.8. The third-order valence-electron chi connectivity index (χ3n) is 4.34. The Labute approximate surface area is 201 Å². The van der Waals surface area contributed by atoms with Crippen molar-refractivity contribution in [2.24, 2.45) is 0 Å². The van der Waals surface area contributed by atoms with E-state index < -0.39 is 0 Å². The second-order valence-corrected chi connectivity index (χ2v) is 9.05. The number of furan rings is 1. The van der Waals surface area contributed by atoms with Crippen molar-refractivity contribution in [1.82, 2.24) is 14.8 Å². The standard InChI is InChI=1S/C20H14Cl4N4O2S/c1-2-28-19(16-6-10-5-11(21)3-4-15(10)30-16)26-27-20(28)31-9-17(29)25-18-13(23)7-12(22)8-14(18)24/h3-8H,2,9H2,1H3,(H,25,29). The molecule has 6 nitrogen and oxygen atoms in total. The van der Waals surface area contributed by atoms with Crippen LogP contribution in [0.25, 0.3) is 22.6 Å². The van der Waals surface area contributed by atoms with Gasteiger partial charge in [-0.15, -0.1) is 10.2 Å². The zero-order chi connectivity index (χ0) is 22.1. The molecule has 4 rings (SSSR count). The summed E-state index contributed by atoms with van der Waals surface area (Å²) < 4.78 is 7.77. The van der Waals surface area contributed by atoms with Crippen LogP contribution in [0, 0.1) is 0 Å². The van der Waals surface area contributed by atoms with Gasteiger partial charge in [-0.25, -0.2) is 0 Å². The smallest absolute Gasteiger partial charge is 0.234 e. The SMILES string of the molecule is CCn1c(SCC(=O)Nc2c(Cl)cc(Cl)cc2Cl)nnc1-c1cc2cc(Cl)ccc2o1. The predicted molar refractivity (Wildman–Crippen MR) is 127 cm³/mol. The van der Waals surface area contributed by atoms with Gasteiger partial charge in [0, 0.05) is 22.0 Å². The first kappa shape index (κ1) is 22.3. The minimum absolute atomic E-state index is 0.0865. The summed E-state index contributed by atoms with van der Waals surface area (Å²) in [6.45, 7) is 2.56. The second kappa shape index (κ2) is 9.30. The Morgan fingerprint density at radius 3 is 2.52 bits per heavy atom. The lowest BCUT2D eigenvalue weighted by atomic mass is 10.2. The van der Waals surface area contributed by atoms with Crippen molar-refractivity contribution in [3.8, 4) is 11.6 Å². The van der Waals surface area contributed by atoms with E-state index in [4.69, 9.17) is 50.8 Å². The average Bonchev–Trinajstić information content (AvgIpc) is 3.31. The zero-order valence-electron chi connectivity index (χ0n) is 16.0. The van der Waals surface area contributed by atoms with E-state index in [1.165, 1.54) is 23.9 Å². The molecule has 0 fully saturated rings. The average molecular weight is 516 g/mol. The summed E-state index contributed by atoms with van der Waals surface area (Å²) in [4.78, 5) is 12.4. The normalized spacial score (nSPS) is 11.3. The van der Waals surface area contributed by atoms with E-state index in [1.807, 2.05) is 23.6 Å². The van der Waals surface area contributed by atoms with Crippen molar-refractivity contribution < 1.29 is 9.21 Å². The van der Waals surface area contributed by atoms with Crippen molar-refractivity contribution in [3.63, 3.8) is 0 Å². The molecule has 0 bridgehead atoms. The van der Waals surface area contributed by atoms with Gasteiger partial charge in [-0.2, -0.15) is 0 Å². The van der Waals surface area contributed by atoms with Gasteiger partial charge in [-0.3, -0.25) is 9.36 Å². The van der Waals surface area contributed by atoms with Crippen molar-refractivity contribution in [1.29, 1.82) is 0 Å². The van der Waals surface area contributed by atoms with Crippen LogP contribution < -0.4 is 5.32 Å². The molecule has 1 amide bonds. The Hall–Kier alpha value is -1.90. The number of nitrogens with one attached hydrogen (secondary N) is 1. The molecule has 0 saturated heterocycles. The predicted octanol–water partition coefficient (Wildman–Crippen LogP) is 7.06. The molecule has 0 atom stereocenters. The maximum Gasteiger partial charge on any atom is 0.234 e. The molecule has 11 heteroatoms. The lowest BCUT2D eigenvalue weighted by Gasteiger charge is -2.10. The van der Waals surface area contributed by atoms with Gasteiger partial charge in [0.05, 0.1) is 21.5 Å². The summed E-state index contributed by atoms with van der Waals surface area (Å²) in [6.07, 6.45) is 0. The van der Waals surface area contributed by atoms with E-state index in [1.54, 1.807) is 12.1 Å². The van der Waals surface area contributed by atoms with E-state index in [0.717, 1.165) is 5.39 Å². The molecule has 160 valence electrons. The fourth-order valence-corrected chi connectivity index (χ4v) is 4.85. The molecule has 1 N–H and O–H groups in total. The Kier molecular flexibility index (Phi) is 6.69. The van der Waals surface area contributed by atoms with E-state index in [-0.39, 0.29) is 21.7 Å². The van der Waals surface area contributed by atoms with Gasteiger partial charge >= 0.3 is 0 Å². The first-order valence-corrected chi connectivity index (χ1v) is 11.5. The van der Waals surface area contributed by atoms with Gasteiger partial charge in [0.15, 0.2) is 10.9 Å². The molecule has 2 aromatic heterocycles. The number of nitrogens with zero attached hydrogens (tertiary/aromatic N) is 3. The third kappa shape index (κ3) is 4.81. The first-order valence-electron chi connectivity index (χ1n) is 9.05. The van der Waals surface area contributed by atoms with Crippen LogP contribution in [0.2, 0.25) is 20.1 Å². The molecule has 0 aliphatic carbocycles. The number of benzene rings is 2. The highest BCUT2D eigenvalue weighted by Crippen LogP contribution is 2.34. The fraction of sp³-hybridized carbons (Fsp3) is 0.150. The van der Waals surface area contributed by atoms with Gasteiger partial charge < -0.3 is 9.73 Å². The summed E-state index contributed by atoms with van der Waals surface area (Å²) in [6, 6.07) is 10.3. The number of rotatable bonds is 6. The number of hydrogen-bond donors (Lipinski definition) is 1. The monoisotopic (exact) mass is 514 g/mol.